The highest BCUT2D eigenvalue weighted by Gasteiger charge is 2.38. The van der Waals surface area contributed by atoms with Gasteiger partial charge in [-0.2, -0.15) is 5.10 Å². The molecule has 0 radical (unpaired) electrons. The molecule has 7 heteroatoms. The van der Waals surface area contributed by atoms with Crippen molar-refractivity contribution in [1.82, 2.24) is 20.4 Å². The molecule has 26 heavy (non-hydrogen) atoms. The van der Waals surface area contributed by atoms with E-state index in [4.69, 9.17) is 0 Å². The van der Waals surface area contributed by atoms with Crippen molar-refractivity contribution in [2.24, 2.45) is 0 Å². The third-order valence-corrected chi connectivity index (χ3v) is 4.43. The van der Waals surface area contributed by atoms with Gasteiger partial charge in [0.25, 0.3) is 5.91 Å². The lowest BCUT2D eigenvalue weighted by molar-refractivity contribution is -0.136. The standard InChI is InChI=1S/C19H14N4O3/c24-17-8-7-16(18(25)21-17)23-11-13-10-12(4-6-15(13)19(23)26)3-5-14-2-1-9-20-22-14/h1-2,4,6,9-10,16H,7-8,11H2,(H,21,24,25). The zero-order chi connectivity index (χ0) is 18.1. The Kier molecular flexibility index (Phi) is 3.93. The number of nitrogens with one attached hydrogen (secondary N) is 1. The van der Waals surface area contributed by atoms with Crippen molar-refractivity contribution in [3.63, 3.8) is 0 Å². The highest BCUT2D eigenvalue weighted by atomic mass is 16.2. The normalized spacial score (nSPS) is 18.8. The lowest BCUT2D eigenvalue weighted by Crippen LogP contribution is -2.52. The number of hydrogen-bond acceptors (Lipinski definition) is 5. The Morgan fingerprint density at radius 3 is 2.81 bits per heavy atom. The molecule has 1 aromatic carbocycles. The number of aromatic nitrogens is 2. The molecule has 1 saturated heterocycles. The van der Waals surface area contributed by atoms with E-state index in [9.17, 15) is 14.4 Å². The fourth-order valence-electron chi connectivity index (χ4n) is 3.16. The van der Waals surface area contributed by atoms with Gasteiger partial charge >= 0.3 is 0 Å². The van der Waals surface area contributed by atoms with Crippen molar-refractivity contribution in [1.29, 1.82) is 0 Å². The van der Waals surface area contributed by atoms with Crippen LogP contribution in [-0.2, 0) is 16.1 Å². The van der Waals surface area contributed by atoms with Crippen LogP contribution in [0.3, 0.4) is 0 Å². The fraction of sp³-hybridized carbons (Fsp3) is 0.211. The molecule has 4 rings (SSSR count). The third-order valence-electron chi connectivity index (χ3n) is 4.43. The molecule has 1 atom stereocenters. The molecule has 1 fully saturated rings. The minimum atomic E-state index is -0.610. The summed E-state index contributed by atoms with van der Waals surface area (Å²) in [6, 6.07) is 8.26. The van der Waals surface area contributed by atoms with Gasteiger partial charge in [-0.15, -0.1) is 5.10 Å². The van der Waals surface area contributed by atoms with Gasteiger partial charge in [-0.25, -0.2) is 0 Å². The summed E-state index contributed by atoms with van der Waals surface area (Å²) in [6.45, 7) is 0.334. The van der Waals surface area contributed by atoms with Crippen LogP contribution in [0.25, 0.3) is 0 Å². The Morgan fingerprint density at radius 1 is 1.15 bits per heavy atom. The molecule has 1 N–H and O–H groups in total. The second-order valence-corrected chi connectivity index (χ2v) is 6.13. The van der Waals surface area contributed by atoms with E-state index in [1.165, 1.54) is 4.90 Å². The highest BCUT2D eigenvalue weighted by Crippen LogP contribution is 2.28. The number of nitrogens with zero attached hydrogens (tertiary/aromatic N) is 3. The Bertz CT molecular complexity index is 975. The molecule has 0 aliphatic carbocycles. The van der Waals surface area contributed by atoms with Crippen molar-refractivity contribution in [3.05, 3.63) is 58.9 Å². The van der Waals surface area contributed by atoms with E-state index < -0.39 is 11.9 Å². The van der Waals surface area contributed by atoms with Crippen LogP contribution >= 0.6 is 0 Å². The van der Waals surface area contributed by atoms with E-state index in [0.717, 1.165) is 11.1 Å². The van der Waals surface area contributed by atoms with E-state index in [1.807, 2.05) is 6.07 Å². The Labute approximate surface area is 149 Å². The van der Waals surface area contributed by atoms with E-state index in [1.54, 1.807) is 30.5 Å². The van der Waals surface area contributed by atoms with E-state index in [-0.39, 0.29) is 18.2 Å². The monoisotopic (exact) mass is 346 g/mol. The number of carbonyl (C=O) groups excluding carboxylic acids is 3. The minimum absolute atomic E-state index is 0.192. The summed E-state index contributed by atoms with van der Waals surface area (Å²) < 4.78 is 0. The molecular weight excluding hydrogens is 332 g/mol. The lowest BCUT2D eigenvalue weighted by Gasteiger charge is -2.29. The van der Waals surface area contributed by atoms with Crippen LogP contribution in [-0.4, -0.2) is 38.9 Å². The predicted molar refractivity (Wildman–Crippen MR) is 90.5 cm³/mol. The average molecular weight is 346 g/mol. The fourth-order valence-corrected chi connectivity index (χ4v) is 3.16. The van der Waals surface area contributed by atoms with Crippen LogP contribution in [0, 0.1) is 11.8 Å². The smallest absolute Gasteiger partial charge is 0.255 e. The van der Waals surface area contributed by atoms with E-state index >= 15 is 0 Å². The van der Waals surface area contributed by atoms with Gasteiger partial charge in [-0.05, 0) is 48.2 Å². The molecule has 1 aromatic heterocycles. The van der Waals surface area contributed by atoms with Crippen LogP contribution < -0.4 is 5.32 Å². The number of fused-ring (bicyclic) bond motifs is 1. The van der Waals surface area contributed by atoms with Gasteiger partial charge in [0.05, 0.1) is 0 Å². The molecule has 0 spiro atoms. The summed E-state index contributed by atoms with van der Waals surface area (Å²) in [6.07, 6.45) is 2.17. The van der Waals surface area contributed by atoms with Crippen LogP contribution in [0.5, 0.6) is 0 Å². The quantitative estimate of drug-likeness (QED) is 0.604. The molecule has 7 nitrogen and oxygen atoms in total. The molecular formula is C19H14N4O3. The first-order valence-corrected chi connectivity index (χ1v) is 8.19. The molecule has 0 bridgehead atoms. The van der Waals surface area contributed by atoms with Gasteiger partial charge in [-0.1, -0.05) is 5.92 Å². The van der Waals surface area contributed by atoms with Gasteiger partial charge in [0.15, 0.2) is 0 Å². The first-order valence-electron chi connectivity index (χ1n) is 8.19. The lowest BCUT2D eigenvalue weighted by atomic mass is 10.0. The molecule has 0 saturated carbocycles. The van der Waals surface area contributed by atoms with Crippen LogP contribution in [0.4, 0.5) is 0 Å². The molecule has 2 aliphatic heterocycles. The maximum absolute atomic E-state index is 12.6. The second-order valence-electron chi connectivity index (χ2n) is 6.13. The molecule has 1 unspecified atom stereocenters. The largest absolute Gasteiger partial charge is 0.322 e. The summed E-state index contributed by atoms with van der Waals surface area (Å²) in [4.78, 5) is 37.5. The maximum Gasteiger partial charge on any atom is 0.255 e. The first kappa shape index (κ1) is 16.0. The summed E-state index contributed by atoms with van der Waals surface area (Å²) in [7, 11) is 0. The molecule has 3 heterocycles. The third kappa shape index (κ3) is 2.93. The van der Waals surface area contributed by atoms with Crippen LogP contribution in [0.15, 0.2) is 36.5 Å². The topological polar surface area (TPSA) is 92.3 Å². The van der Waals surface area contributed by atoms with Gasteiger partial charge in [-0.3, -0.25) is 19.7 Å². The zero-order valence-corrected chi connectivity index (χ0v) is 13.7. The van der Waals surface area contributed by atoms with Crippen molar-refractivity contribution >= 4 is 17.7 Å². The van der Waals surface area contributed by atoms with Crippen molar-refractivity contribution in [2.75, 3.05) is 0 Å². The van der Waals surface area contributed by atoms with E-state index in [2.05, 4.69) is 27.4 Å². The first-order chi connectivity index (χ1) is 12.6. The minimum Gasteiger partial charge on any atom is -0.322 e. The van der Waals surface area contributed by atoms with E-state index in [0.29, 0.717) is 24.2 Å². The van der Waals surface area contributed by atoms with Gasteiger partial charge in [0.1, 0.15) is 11.7 Å². The number of benzene rings is 1. The molecule has 2 aromatic rings. The van der Waals surface area contributed by atoms with Gasteiger partial charge < -0.3 is 4.90 Å². The SMILES string of the molecule is O=C1CCC(N2Cc3cc(C#Cc4cccnn4)ccc3C2=O)C(=O)N1. The van der Waals surface area contributed by atoms with Gasteiger partial charge in [0, 0.05) is 30.3 Å². The van der Waals surface area contributed by atoms with Crippen molar-refractivity contribution in [2.45, 2.75) is 25.4 Å². The predicted octanol–water partition coefficient (Wildman–Crippen LogP) is 0.637. The number of carbonyl (C=O) groups is 3. The zero-order valence-electron chi connectivity index (χ0n) is 13.7. The van der Waals surface area contributed by atoms with Crippen molar-refractivity contribution < 1.29 is 14.4 Å². The average Bonchev–Trinajstić information content (AvgIpc) is 2.97. The number of piperidine rings is 1. The van der Waals surface area contributed by atoms with Gasteiger partial charge in [0.2, 0.25) is 11.8 Å². The second kappa shape index (κ2) is 6.41. The molecule has 3 amide bonds. The van der Waals surface area contributed by atoms with Crippen LogP contribution in [0.1, 0.15) is 40.0 Å². The highest BCUT2D eigenvalue weighted by molar-refractivity contribution is 6.05. The maximum atomic E-state index is 12.6. The summed E-state index contributed by atoms with van der Waals surface area (Å²) in [5.41, 5.74) is 2.71. The number of imide groups is 1. The Balaban J connectivity index is 1.56. The number of hydrogen-bond donors (Lipinski definition) is 1. The summed E-state index contributed by atoms with van der Waals surface area (Å²) >= 11 is 0. The van der Waals surface area contributed by atoms with Crippen molar-refractivity contribution in [3.8, 4) is 11.8 Å². The number of rotatable bonds is 1. The summed E-state index contributed by atoms with van der Waals surface area (Å²) in [5.74, 6) is 5.04. The van der Waals surface area contributed by atoms with Crippen LogP contribution in [0.2, 0.25) is 0 Å². The molecule has 128 valence electrons. The molecule has 2 aliphatic rings. The number of amides is 3. The Morgan fingerprint density at radius 2 is 2.04 bits per heavy atom. The Hall–Kier alpha value is -3.53. The summed E-state index contributed by atoms with van der Waals surface area (Å²) in [5, 5.41) is 9.98.